The van der Waals surface area contributed by atoms with Gasteiger partial charge in [-0.15, -0.1) is 10.2 Å². The van der Waals surface area contributed by atoms with Crippen LogP contribution in [0.15, 0.2) is 16.6 Å². The van der Waals surface area contributed by atoms with Crippen LogP contribution in [0.25, 0.3) is 0 Å². The lowest BCUT2D eigenvalue weighted by molar-refractivity contribution is 0.266. The Bertz CT molecular complexity index is 613. The molecule has 0 fully saturated rings. The van der Waals surface area contributed by atoms with Crippen LogP contribution >= 0.6 is 15.9 Å². The summed E-state index contributed by atoms with van der Waals surface area (Å²) in [5.41, 5.74) is 0.746. The Kier molecular flexibility index (Phi) is 4.61. The number of aliphatic hydroxyl groups excluding tert-OH is 1. The molecule has 7 heteroatoms. The van der Waals surface area contributed by atoms with Gasteiger partial charge in [-0.3, -0.25) is 0 Å². The van der Waals surface area contributed by atoms with E-state index in [1.165, 1.54) is 0 Å². The summed E-state index contributed by atoms with van der Waals surface area (Å²) < 4.78 is 13.6. The van der Waals surface area contributed by atoms with Crippen molar-refractivity contribution in [2.45, 2.75) is 20.1 Å². The molecule has 1 N–H and O–H groups in total. The molecule has 1 heterocycles. The van der Waals surface area contributed by atoms with Crippen LogP contribution in [-0.2, 0) is 20.3 Å². The number of benzene rings is 1. The van der Waals surface area contributed by atoms with Crippen molar-refractivity contribution < 1.29 is 14.6 Å². The first-order chi connectivity index (χ1) is 9.56. The highest BCUT2D eigenvalue weighted by molar-refractivity contribution is 9.10. The maximum atomic E-state index is 9.18. The molecule has 6 nitrogen and oxygen atoms in total. The van der Waals surface area contributed by atoms with Gasteiger partial charge in [0.05, 0.1) is 18.2 Å². The van der Waals surface area contributed by atoms with Crippen LogP contribution in [0.4, 0.5) is 0 Å². The molecule has 0 saturated heterocycles. The molecule has 1 aromatic carbocycles. The van der Waals surface area contributed by atoms with Crippen molar-refractivity contribution >= 4 is 15.9 Å². The van der Waals surface area contributed by atoms with E-state index in [0.29, 0.717) is 11.5 Å². The Balaban J connectivity index is 2.23. The minimum atomic E-state index is -0.0578. The van der Waals surface area contributed by atoms with Gasteiger partial charge in [-0.2, -0.15) is 0 Å². The summed E-state index contributed by atoms with van der Waals surface area (Å²) in [7, 11) is 3.44. The highest BCUT2D eigenvalue weighted by atomic mass is 79.9. The molecule has 0 radical (unpaired) electrons. The predicted molar refractivity (Wildman–Crippen MR) is 76.7 cm³/mol. The third-order valence-electron chi connectivity index (χ3n) is 3.00. The van der Waals surface area contributed by atoms with Gasteiger partial charge in [0.25, 0.3) is 0 Å². The second-order valence-electron chi connectivity index (χ2n) is 4.28. The number of methoxy groups -OCH3 is 1. The van der Waals surface area contributed by atoms with Crippen LogP contribution in [0.3, 0.4) is 0 Å². The molecular weight excluding hydrogens is 326 g/mol. The highest BCUT2D eigenvalue weighted by Crippen LogP contribution is 2.37. The fraction of sp³-hybridized carbons (Fsp3) is 0.385. The summed E-state index contributed by atoms with van der Waals surface area (Å²) >= 11 is 3.42. The molecule has 2 rings (SSSR count). The topological polar surface area (TPSA) is 69.4 Å². The average molecular weight is 342 g/mol. The van der Waals surface area contributed by atoms with E-state index in [0.717, 1.165) is 21.7 Å². The molecule has 0 aliphatic heterocycles. The summed E-state index contributed by atoms with van der Waals surface area (Å²) in [6.07, 6.45) is 0. The van der Waals surface area contributed by atoms with E-state index in [1.807, 2.05) is 18.5 Å². The van der Waals surface area contributed by atoms with Crippen molar-refractivity contribution in [2.75, 3.05) is 7.11 Å². The Morgan fingerprint density at radius 3 is 2.65 bits per heavy atom. The maximum absolute atomic E-state index is 9.18. The zero-order chi connectivity index (χ0) is 14.7. The normalized spacial score (nSPS) is 10.7. The van der Waals surface area contributed by atoms with Crippen LogP contribution in [0.2, 0.25) is 0 Å². The van der Waals surface area contributed by atoms with Gasteiger partial charge in [-0.05, 0) is 40.5 Å². The molecule has 1 aromatic heterocycles. The average Bonchev–Trinajstić information content (AvgIpc) is 2.76. The monoisotopic (exact) mass is 341 g/mol. The summed E-state index contributed by atoms with van der Waals surface area (Å²) in [4.78, 5) is 0. The lowest BCUT2D eigenvalue weighted by Gasteiger charge is -2.13. The number of halogens is 1. The second kappa shape index (κ2) is 6.23. The molecule has 0 saturated carbocycles. The van der Waals surface area contributed by atoms with Crippen LogP contribution in [0.1, 0.15) is 17.2 Å². The van der Waals surface area contributed by atoms with Crippen molar-refractivity contribution in [3.8, 4) is 11.5 Å². The third kappa shape index (κ3) is 2.94. The van der Waals surface area contributed by atoms with E-state index in [4.69, 9.17) is 9.47 Å². The Labute approximate surface area is 125 Å². The SMILES string of the molecule is COc1cc(CO)cc(Br)c1OCc1nnc(C)n1C. The van der Waals surface area contributed by atoms with Crippen molar-refractivity contribution in [3.63, 3.8) is 0 Å². The van der Waals surface area contributed by atoms with E-state index >= 15 is 0 Å². The Morgan fingerprint density at radius 1 is 1.35 bits per heavy atom. The third-order valence-corrected chi connectivity index (χ3v) is 3.59. The summed E-state index contributed by atoms with van der Waals surface area (Å²) in [6, 6.07) is 3.53. The van der Waals surface area contributed by atoms with Crippen LogP contribution < -0.4 is 9.47 Å². The van der Waals surface area contributed by atoms with Gasteiger partial charge in [0.15, 0.2) is 17.3 Å². The fourth-order valence-corrected chi connectivity index (χ4v) is 2.32. The molecule has 0 spiro atoms. The number of aryl methyl sites for hydroxylation is 1. The van der Waals surface area contributed by atoms with Crippen molar-refractivity contribution in [1.29, 1.82) is 0 Å². The molecule has 2 aromatic rings. The van der Waals surface area contributed by atoms with Gasteiger partial charge in [-0.25, -0.2) is 0 Å². The van der Waals surface area contributed by atoms with Gasteiger partial charge in [0, 0.05) is 7.05 Å². The Morgan fingerprint density at radius 2 is 2.10 bits per heavy atom. The number of hydrogen-bond acceptors (Lipinski definition) is 5. The highest BCUT2D eigenvalue weighted by Gasteiger charge is 2.13. The predicted octanol–water partition coefficient (Wildman–Crippen LogP) is 1.97. The second-order valence-corrected chi connectivity index (χ2v) is 5.13. The first-order valence-electron chi connectivity index (χ1n) is 6.01. The quantitative estimate of drug-likeness (QED) is 0.900. The van der Waals surface area contributed by atoms with Crippen molar-refractivity contribution in [1.82, 2.24) is 14.8 Å². The summed E-state index contributed by atoms with van der Waals surface area (Å²) in [5.74, 6) is 2.68. The van der Waals surface area contributed by atoms with Crippen LogP contribution in [-0.4, -0.2) is 27.0 Å². The molecular formula is C13H16BrN3O3. The number of aromatic nitrogens is 3. The zero-order valence-corrected chi connectivity index (χ0v) is 13.1. The molecule has 0 unspecified atom stereocenters. The smallest absolute Gasteiger partial charge is 0.176 e. The van der Waals surface area contributed by atoms with E-state index in [1.54, 1.807) is 19.2 Å². The van der Waals surface area contributed by atoms with Gasteiger partial charge in [-0.1, -0.05) is 0 Å². The van der Waals surface area contributed by atoms with Gasteiger partial charge in [0.1, 0.15) is 12.4 Å². The fourth-order valence-electron chi connectivity index (χ4n) is 1.72. The lowest BCUT2D eigenvalue weighted by atomic mass is 10.2. The molecule has 0 aliphatic rings. The number of ether oxygens (including phenoxy) is 2. The molecule has 20 heavy (non-hydrogen) atoms. The van der Waals surface area contributed by atoms with Crippen molar-refractivity contribution in [3.05, 3.63) is 33.8 Å². The largest absolute Gasteiger partial charge is 0.493 e. The number of aliphatic hydroxyl groups is 1. The first kappa shape index (κ1) is 14.8. The van der Waals surface area contributed by atoms with E-state index in [-0.39, 0.29) is 13.2 Å². The first-order valence-corrected chi connectivity index (χ1v) is 6.81. The van der Waals surface area contributed by atoms with Gasteiger partial charge >= 0.3 is 0 Å². The zero-order valence-electron chi connectivity index (χ0n) is 11.6. The van der Waals surface area contributed by atoms with E-state index in [2.05, 4.69) is 26.1 Å². The van der Waals surface area contributed by atoms with Crippen LogP contribution in [0.5, 0.6) is 11.5 Å². The minimum Gasteiger partial charge on any atom is -0.493 e. The van der Waals surface area contributed by atoms with Gasteiger partial charge in [0.2, 0.25) is 0 Å². The molecule has 0 amide bonds. The minimum absolute atomic E-state index is 0.0578. The summed E-state index contributed by atoms with van der Waals surface area (Å²) in [6.45, 7) is 2.10. The number of nitrogens with zero attached hydrogens (tertiary/aromatic N) is 3. The maximum Gasteiger partial charge on any atom is 0.176 e. The summed E-state index contributed by atoms with van der Waals surface area (Å²) in [5, 5.41) is 17.2. The van der Waals surface area contributed by atoms with E-state index < -0.39 is 0 Å². The van der Waals surface area contributed by atoms with E-state index in [9.17, 15) is 5.11 Å². The molecule has 0 atom stereocenters. The lowest BCUT2D eigenvalue weighted by Crippen LogP contribution is -2.06. The molecule has 0 bridgehead atoms. The standard InChI is InChI=1S/C13H16BrN3O3/c1-8-15-16-12(17(8)2)7-20-13-10(14)4-9(6-18)5-11(13)19-3/h4-5,18H,6-7H2,1-3H3. The van der Waals surface area contributed by atoms with Crippen molar-refractivity contribution in [2.24, 2.45) is 7.05 Å². The Hall–Kier alpha value is -1.60. The van der Waals surface area contributed by atoms with Gasteiger partial charge < -0.3 is 19.1 Å². The van der Waals surface area contributed by atoms with Crippen LogP contribution in [0, 0.1) is 6.92 Å². The number of rotatable bonds is 5. The number of hydrogen-bond donors (Lipinski definition) is 1. The molecule has 108 valence electrons. The molecule has 0 aliphatic carbocycles.